The summed E-state index contributed by atoms with van der Waals surface area (Å²) in [6, 6.07) is 7.66. The fourth-order valence-electron chi connectivity index (χ4n) is 3.82. The number of nitrogens with zero attached hydrogens (tertiary/aromatic N) is 1. The number of aliphatic hydroxyl groups is 1. The molecule has 24 heavy (non-hydrogen) atoms. The highest BCUT2D eigenvalue weighted by atomic mass is 16.4. The van der Waals surface area contributed by atoms with Crippen LogP contribution in [0.1, 0.15) is 44.7 Å². The number of rotatable bonds is 3. The van der Waals surface area contributed by atoms with E-state index in [2.05, 4.69) is 31.7 Å². The van der Waals surface area contributed by atoms with Crippen molar-refractivity contribution in [1.82, 2.24) is 4.90 Å². The van der Waals surface area contributed by atoms with Crippen molar-refractivity contribution < 1.29 is 9.52 Å². The van der Waals surface area contributed by atoms with Crippen molar-refractivity contribution in [3.05, 3.63) is 45.8 Å². The van der Waals surface area contributed by atoms with Crippen molar-refractivity contribution in [3.63, 3.8) is 0 Å². The summed E-state index contributed by atoms with van der Waals surface area (Å²) >= 11 is 0. The molecule has 1 aliphatic rings. The van der Waals surface area contributed by atoms with Gasteiger partial charge in [0.1, 0.15) is 5.58 Å². The van der Waals surface area contributed by atoms with E-state index in [4.69, 9.17) is 4.42 Å². The normalized spacial score (nSPS) is 21.8. The Hall–Kier alpha value is -1.65. The molecule has 0 bridgehead atoms. The molecule has 1 N–H and O–H groups in total. The molecule has 1 fully saturated rings. The van der Waals surface area contributed by atoms with E-state index in [9.17, 15) is 9.90 Å². The van der Waals surface area contributed by atoms with Crippen LogP contribution in [0.5, 0.6) is 0 Å². The number of fused-ring (bicyclic) bond motifs is 1. The highest BCUT2D eigenvalue weighted by Crippen LogP contribution is 2.30. The molecule has 4 nitrogen and oxygen atoms in total. The summed E-state index contributed by atoms with van der Waals surface area (Å²) in [6.07, 6.45) is 2.32. The zero-order valence-corrected chi connectivity index (χ0v) is 14.8. The summed E-state index contributed by atoms with van der Waals surface area (Å²) < 4.78 is 5.36. The van der Waals surface area contributed by atoms with Crippen LogP contribution in [0.4, 0.5) is 0 Å². The average molecular weight is 329 g/mol. The van der Waals surface area contributed by atoms with Gasteiger partial charge >= 0.3 is 5.63 Å². The van der Waals surface area contributed by atoms with Crippen LogP contribution in [-0.4, -0.2) is 29.2 Å². The molecule has 0 radical (unpaired) electrons. The number of likely N-dealkylation sites (tertiary alicyclic amines) is 1. The highest BCUT2D eigenvalue weighted by Gasteiger charge is 2.29. The molecule has 1 saturated heterocycles. The van der Waals surface area contributed by atoms with Crippen LogP contribution in [-0.2, 0) is 13.0 Å². The van der Waals surface area contributed by atoms with Crippen molar-refractivity contribution >= 4 is 11.0 Å². The number of aliphatic hydroxyl groups excluding tert-OH is 1. The lowest BCUT2D eigenvalue weighted by atomic mass is 9.87. The number of aryl methyl sites for hydroxylation is 1. The first kappa shape index (κ1) is 17.2. The first-order chi connectivity index (χ1) is 11.4. The lowest BCUT2D eigenvalue weighted by Gasteiger charge is -2.29. The quantitative estimate of drug-likeness (QED) is 0.878. The summed E-state index contributed by atoms with van der Waals surface area (Å²) in [6.45, 7) is 8.99. The van der Waals surface area contributed by atoms with Crippen molar-refractivity contribution in [2.75, 3.05) is 13.1 Å². The second-order valence-corrected chi connectivity index (χ2v) is 7.80. The molecule has 3 rings (SSSR count). The third kappa shape index (κ3) is 3.87. The van der Waals surface area contributed by atoms with E-state index in [0.717, 1.165) is 43.3 Å². The minimum absolute atomic E-state index is 0.0692. The zero-order chi connectivity index (χ0) is 17.3. The van der Waals surface area contributed by atoms with Crippen LogP contribution in [0.15, 0.2) is 33.5 Å². The van der Waals surface area contributed by atoms with Gasteiger partial charge in [0, 0.05) is 31.1 Å². The molecule has 2 heterocycles. The van der Waals surface area contributed by atoms with Gasteiger partial charge in [0.15, 0.2) is 0 Å². The van der Waals surface area contributed by atoms with Crippen LogP contribution in [0.3, 0.4) is 0 Å². The van der Waals surface area contributed by atoms with Crippen LogP contribution >= 0.6 is 0 Å². The fraction of sp³-hybridized carbons (Fsp3) is 0.550. The van der Waals surface area contributed by atoms with Crippen molar-refractivity contribution in [3.8, 4) is 0 Å². The van der Waals surface area contributed by atoms with Crippen LogP contribution in [0, 0.1) is 5.41 Å². The van der Waals surface area contributed by atoms with Crippen LogP contribution in [0.2, 0.25) is 0 Å². The van der Waals surface area contributed by atoms with Gasteiger partial charge in [-0.15, -0.1) is 0 Å². The molecular formula is C20H27NO3. The second-order valence-electron chi connectivity index (χ2n) is 7.80. The SMILES string of the molecule is CCc1ccc2oc(=O)cc(CN3CCC(O)CC(C)(C)C3)c2c1. The molecule has 1 aromatic carbocycles. The third-order valence-corrected chi connectivity index (χ3v) is 4.91. The highest BCUT2D eigenvalue weighted by molar-refractivity contribution is 5.80. The Morgan fingerprint density at radius 3 is 2.88 bits per heavy atom. The topological polar surface area (TPSA) is 53.7 Å². The Balaban J connectivity index is 1.95. The van der Waals surface area contributed by atoms with Gasteiger partial charge in [-0.1, -0.05) is 26.8 Å². The lowest BCUT2D eigenvalue weighted by Crippen LogP contribution is -2.32. The monoisotopic (exact) mass is 329 g/mol. The minimum atomic E-state index is -0.295. The molecule has 4 heteroatoms. The molecule has 130 valence electrons. The molecule has 1 aliphatic heterocycles. The predicted octanol–water partition coefficient (Wildman–Crippen LogP) is 3.34. The molecule has 0 spiro atoms. The number of benzene rings is 1. The molecule has 0 saturated carbocycles. The predicted molar refractivity (Wildman–Crippen MR) is 96.2 cm³/mol. The maximum Gasteiger partial charge on any atom is 0.336 e. The zero-order valence-electron chi connectivity index (χ0n) is 14.8. The summed E-state index contributed by atoms with van der Waals surface area (Å²) in [5, 5.41) is 11.1. The molecule has 1 unspecified atom stereocenters. The van der Waals surface area contributed by atoms with E-state index in [1.165, 1.54) is 5.56 Å². The molecule has 1 atom stereocenters. The summed E-state index contributed by atoms with van der Waals surface area (Å²) in [4.78, 5) is 14.3. The van der Waals surface area contributed by atoms with Crippen LogP contribution < -0.4 is 5.63 Å². The van der Waals surface area contributed by atoms with E-state index in [0.29, 0.717) is 12.1 Å². The van der Waals surface area contributed by atoms with Gasteiger partial charge in [0.2, 0.25) is 0 Å². The standard InChI is InChI=1S/C20H27NO3/c1-4-14-5-6-18-17(9-14)15(10-19(23)24-18)12-21-8-7-16(22)11-20(2,3)13-21/h5-6,9-10,16,22H,4,7-8,11-13H2,1-3H3. The van der Waals surface area contributed by atoms with E-state index >= 15 is 0 Å². The maximum atomic E-state index is 11.9. The van der Waals surface area contributed by atoms with Gasteiger partial charge in [-0.25, -0.2) is 4.79 Å². The fourth-order valence-corrected chi connectivity index (χ4v) is 3.82. The molecule has 0 amide bonds. The Morgan fingerprint density at radius 2 is 2.12 bits per heavy atom. The van der Waals surface area contributed by atoms with Gasteiger partial charge in [0.25, 0.3) is 0 Å². The lowest BCUT2D eigenvalue weighted by molar-refractivity contribution is 0.121. The molecule has 2 aromatic rings. The Kier molecular flexibility index (Phi) is 4.79. The first-order valence-corrected chi connectivity index (χ1v) is 8.82. The van der Waals surface area contributed by atoms with E-state index in [-0.39, 0.29) is 17.1 Å². The molecule has 0 aliphatic carbocycles. The molecule has 1 aromatic heterocycles. The minimum Gasteiger partial charge on any atom is -0.423 e. The summed E-state index contributed by atoms with van der Waals surface area (Å²) in [7, 11) is 0. The summed E-state index contributed by atoms with van der Waals surface area (Å²) in [5.74, 6) is 0. The number of hydrogen-bond donors (Lipinski definition) is 1. The smallest absolute Gasteiger partial charge is 0.336 e. The Labute approximate surface area is 143 Å². The Bertz CT molecular complexity index is 778. The van der Waals surface area contributed by atoms with Gasteiger partial charge < -0.3 is 9.52 Å². The van der Waals surface area contributed by atoms with Crippen molar-refractivity contribution in [1.29, 1.82) is 0 Å². The second kappa shape index (κ2) is 6.69. The van der Waals surface area contributed by atoms with Gasteiger partial charge in [-0.2, -0.15) is 0 Å². The summed E-state index contributed by atoms with van der Waals surface area (Å²) in [5.41, 5.74) is 2.69. The first-order valence-electron chi connectivity index (χ1n) is 8.82. The van der Waals surface area contributed by atoms with Crippen molar-refractivity contribution in [2.24, 2.45) is 5.41 Å². The van der Waals surface area contributed by atoms with Gasteiger partial charge in [-0.05, 0) is 47.9 Å². The average Bonchev–Trinajstić information content (AvgIpc) is 2.63. The van der Waals surface area contributed by atoms with E-state index in [1.54, 1.807) is 6.07 Å². The molecular weight excluding hydrogens is 302 g/mol. The third-order valence-electron chi connectivity index (χ3n) is 4.91. The van der Waals surface area contributed by atoms with E-state index in [1.807, 2.05) is 12.1 Å². The van der Waals surface area contributed by atoms with Gasteiger partial charge in [-0.3, -0.25) is 4.90 Å². The maximum absolute atomic E-state index is 11.9. The largest absolute Gasteiger partial charge is 0.423 e. The van der Waals surface area contributed by atoms with Gasteiger partial charge in [0.05, 0.1) is 6.10 Å². The Morgan fingerprint density at radius 1 is 1.33 bits per heavy atom. The van der Waals surface area contributed by atoms with E-state index < -0.39 is 0 Å². The number of hydrogen-bond acceptors (Lipinski definition) is 4. The van der Waals surface area contributed by atoms with Crippen LogP contribution in [0.25, 0.3) is 11.0 Å². The van der Waals surface area contributed by atoms with Crippen molar-refractivity contribution in [2.45, 2.75) is 52.7 Å².